The van der Waals surface area contributed by atoms with Crippen molar-refractivity contribution in [1.82, 2.24) is 0 Å². The first-order chi connectivity index (χ1) is 11.5. The van der Waals surface area contributed by atoms with Crippen molar-refractivity contribution in [2.24, 2.45) is 17.8 Å². The smallest absolute Gasteiger partial charge is 0.195 e. The molecule has 0 radical (unpaired) electrons. The van der Waals surface area contributed by atoms with E-state index in [4.69, 9.17) is 0 Å². The van der Waals surface area contributed by atoms with Crippen LogP contribution in [0.15, 0.2) is 17.7 Å². The fourth-order valence-electron chi connectivity index (χ4n) is 4.76. The molecule has 3 rings (SSSR count). The first-order valence-corrected chi connectivity index (χ1v) is 9.33. The molecule has 1 fully saturated rings. The Bertz CT molecular complexity index is 624. The Morgan fingerprint density at radius 1 is 0.917 bits per heavy atom. The molecular formula is C21H27F3. The van der Waals surface area contributed by atoms with Gasteiger partial charge < -0.3 is 0 Å². The molecule has 2 aliphatic rings. The van der Waals surface area contributed by atoms with Gasteiger partial charge in [-0.25, -0.2) is 13.2 Å². The standard InChI is InChI=1S/C21H27F3/c1-3-14-4-6-15(7-5-14)16-8-9-17(13(2)12-16)18-10-11-19(22)21(24)20(18)23/h10-11,14-16H,3-9,12H2,1-2H3. The summed E-state index contributed by atoms with van der Waals surface area (Å²) in [5, 5.41) is 0. The zero-order valence-corrected chi connectivity index (χ0v) is 14.7. The molecular weight excluding hydrogens is 309 g/mol. The minimum absolute atomic E-state index is 0.250. The van der Waals surface area contributed by atoms with Gasteiger partial charge in [-0.2, -0.15) is 0 Å². The molecule has 1 aromatic rings. The fraction of sp³-hybridized carbons (Fsp3) is 0.619. The first-order valence-electron chi connectivity index (χ1n) is 9.33. The monoisotopic (exact) mass is 336 g/mol. The van der Waals surface area contributed by atoms with Gasteiger partial charge in [0.2, 0.25) is 0 Å². The predicted octanol–water partition coefficient (Wildman–Crippen LogP) is 6.89. The third-order valence-electron chi connectivity index (χ3n) is 6.34. The second-order valence-electron chi connectivity index (χ2n) is 7.67. The maximum Gasteiger partial charge on any atom is 0.195 e. The van der Waals surface area contributed by atoms with E-state index in [1.807, 2.05) is 6.92 Å². The lowest BCUT2D eigenvalue weighted by molar-refractivity contribution is 0.190. The molecule has 0 amide bonds. The predicted molar refractivity (Wildman–Crippen MR) is 92.0 cm³/mol. The van der Waals surface area contributed by atoms with Gasteiger partial charge in [0.1, 0.15) is 0 Å². The molecule has 132 valence electrons. The van der Waals surface area contributed by atoms with Crippen LogP contribution in [0, 0.1) is 35.2 Å². The Kier molecular flexibility index (Phi) is 5.36. The normalized spacial score (nSPS) is 28.3. The highest BCUT2D eigenvalue weighted by Crippen LogP contribution is 2.44. The summed E-state index contributed by atoms with van der Waals surface area (Å²) in [6.07, 6.45) is 9.36. The van der Waals surface area contributed by atoms with E-state index >= 15 is 0 Å². The first kappa shape index (κ1) is 17.6. The Morgan fingerprint density at radius 2 is 1.62 bits per heavy atom. The van der Waals surface area contributed by atoms with E-state index in [-0.39, 0.29) is 5.56 Å². The van der Waals surface area contributed by atoms with E-state index in [1.165, 1.54) is 38.2 Å². The van der Waals surface area contributed by atoms with Crippen molar-refractivity contribution < 1.29 is 13.2 Å². The van der Waals surface area contributed by atoms with Gasteiger partial charge in [-0.1, -0.05) is 31.8 Å². The fourth-order valence-corrected chi connectivity index (χ4v) is 4.76. The Balaban J connectivity index is 1.74. The van der Waals surface area contributed by atoms with Gasteiger partial charge in [0.15, 0.2) is 17.5 Å². The number of rotatable bonds is 3. The van der Waals surface area contributed by atoms with Crippen LogP contribution in [0.2, 0.25) is 0 Å². The minimum Gasteiger partial charge on any atom is -0.204 e. The van der Waals surface area contributed by atoms with E-state index in [0.29, 0.717) is 5.92 Å². The molecule has 0 aliphatic heterocycles. The van der Waals surface area contributed by atoms with Crippen LogP contribution in [-0.2, 0) is 0 Å². The summed E-state index contributed by atoms with van der Waals surface area (Å²) in [5.74, 6) is -1.16. The van der Waals surface area contributed by atoms with E-state index in [0.717, 1.165) is 48.3 Å². The molecule has 0 spiro atoms. The highest BCUT2D eigenvalue weighted by molar-refractivity contribution is 5.69. The van der Waals surface area contributed by atoms with Crippen LogP contribution in [0.3, 0.4) is 0 Å². The molecule has 1 saturated carbocycles. The summed E-state index contributed by atoms with van der Waals surface area (Å²) in [6, 6.07) is 2.42. The molecule has 1 atom stereocenters. The van der Waals surface area contributed by atoms with E-state index < -0.39 is 17.5 Å². The quantitative estimate of drug-likeness (QED) is 0.527. The molecule has 3 heteroatoms. The van der Waals surface area contributed by atoms with Crippen LogP contribution in [-0.4, -0.2) is 0 Å². The van der Waals surface area contributed by atoms with Crippen molar-refractivity contribution in [3.63, 3.8) is 0 Å². The summed E-state index contributed by atoms with van der Waals surface area (Å²) in [5.41, 5.74) is 2.28. The second kappa shape index (κ2) is 7.33. The third kappa shape index (κ3) is 3.41. The summed E-state index contributed by atoms with van der Waals surface area (Å²) >= 11 is 0. The van der Waals surface area contributed by atoms with Gasteiger partial charge in [0.05, 0.1) is 0 Å². The Labute approximate surface area is 143 Å². The van der Waals surface area contributed by atoms with Gasteiger partial charge in [0.25, 0.3) is 0 Å². The van der Waals surface area contributed by atoms with Crippen molar-refractivity contribution in [3.05, 3.63) is 40.7 Å². The van der Waals surface area contributed by atoms with Crippen molar-refractivity contribution in [2.75, 3.05) is 0 Å². The largest absolute Gasteiger partial charge is 0.204 e. The molecule has 0 nitrogen and oxygen atoms in total. The topological polar surface area (TPSA) is 0 Å². The minimum atomic E-state index is -1.35. The lowest BCUT2D eigenvalue weighted by Gasteiger charge is -2.36. The van der Waals surface area contributed by atoms with Gasteiger partial charge in [-0.15, -0.1) is 0 Å². The average Bonchev–Trinajstić information content (AvgIpc) is 2.60. The molecule has 2 aliphatic carbocycles. The summed E-state index contributed by atoms with van der Waals surface area (Å²) < 4.78 is 40.8. The maximum atomic E-state index is 14.1. The van der Waals surface area contributed by atoms with Gasteiger partial charge in [-0.3, -0.25) is 0 Å². The average molecular weight is 336 g/mol. The zero-order chi connectivity index (χ0) is 17.3. The highest BCUT2D eigenvalue weighted by Gasteiger charge is 2.30. The number of benzene rings is 1. The number of hydrogen-bond acceptors (Lipinski definition) is 0. The number of halogens is 3. The van der Waals surface area contributed by atoms with Crippen molar-refractivity contribution >= 4 is 5.57 Å². The summed E-state index contributed by atoms with van der Waals surface area (Å²) in [7, 11) is 0. The van der Waals surface area contributed by atoms with Crippen molar-refractivity contribution in [2.45, 2.75) is 65.2 Å². The lowest BCUT2D eigenvalue weighted by Crippen LogP contribution is -2.24. The lowest BCUT2D eigenvalue weighted by atomic mass is 9.69. The Hall–Kier alpha value is -1.25. The molecule has 1 aromatic carbocycles. The summed E-state index contributed by atoms with van der Waals surface area (Å²) in [4.78, 5) is 0. The summed E-state index contributed by atoms with van der Waals surface area (Å²) in [6.45, 7) is 4.31. The van der Waals surface area contributed by atoms with Crippen LogP contribution in [0.4, 0.5) is 13.2 Å². The third-order valence-corrected chi connectivity index (χ3v) is 6.34. The number of allylic oxidation sites excluding steroid dienone is 2. The van der Waals surface area contributed by atoms with Crippen LogP contribution in [0.5, 0.6) is 0 Å². The molecule has 24 heavy (non-hydrogen) atoms. The van der Waals surface area contributed by atoms with Gasteiger partial charge >= 0.3 is 0 Å². The highest BCUT2D eigenvalue weighted by atomic mass is 19.2. The van der Waals surface area contributed by atoms with Crippen molar-refractivity contribution in [3.8, 4) is 0 Å². The maximum absolute atomic E-state index is 14.1. The van der Waals surface area contributed by atoms with E-state index in [2.05, 4.69) is 6.92 Å². The number of hydrogen-bond donors (Lipinski definition) is 0. The zero-order valence-electron chi connectivity index (χ0n) is 14.7. The SMILES string of the molecule is CCC1CCC(C2CCC(c3ccc(F)c(F)c3F)=C(C)C2)CC1. The molecule has 0 saturated heterocycles. The van der Waals surface area contributed by atoms with E-state index in [1.54, 1.807) is 0 Å². The van der Waals surface area contributed by atoms with Crippen LogP contribution in [0.1, 0.15) is 70.8 Å². The molecule has 0 N–H and O–H groups in total. The van der Waals surface area contributed by atoms with Gasteiger partial charge in [0, 0.05) is 5.56 Å². The molecule has 0 heterocycles. The van der Waals surface area contributed by atoms with Gasteiger partial charge in [-0.05, 0) is 74.5 Å². The van der Waals surface area contributed by atoms with Crippen LogP contribution < -0.4 is 0 Å². The Morgan fingerprint density at radius 3 is 2.25 bits per heavy atom. The van der Waals surface area contributed by atoms with Crippen LogP contribution >= 0.6 is 0 Å². The van der Waals surface area contributed by atoms with Crippen LogP contribution in [0.25, 0.3) is 5.57 Å². The molecule has 0 bridgehead atoms. The second-order valence-corrected chi connectivity index (χ2v) is 7.67. The molecule has 1 unspecified atom stereocenters. The molecule has 0 aromatic heterocycles. The van der Waals surface area contributed by atoms with E-state index in [9.17, 15) is 13.2 Å². The van der Waals surface area contributed by atoms with Crippen molar-refractivity contribution in [1.29, 1.82) is 0 Å².